The molecule has 0 atom stereocenters. The van der Waals surface area contributed by atoms with Gasteiger partial charge in [-0.3, -0.25) is 10.2 Å². The lowest BCUT2D eigenvalue weighted by Gasteiger charge is -2.19. The van der Waals surface area contributed by atoms with Crippen LogP contribution >= 0.6 is 0 Å². The van der Waals surface area contributed by atoms with Crippen LogP contribution in [0.3, 0.4) is 0 Å². The number of hydrogen-bond donors (Lipinski definition) is 5. The first-order valence-electron chi connectivity index (χ1n) is 10.2. The average molecular weight is 547 g/mol. The molecular weight excluding hydrogens is 521 g/mol. The standard InChI is InChI=1S/C20H24N4O5S.C2HF3O2/c1-20(2,3)29-19(26)14-4-8-15(9-5-14)24-17(25)12-23-30(27,28)16-10-6-13(7-11-16)18(21)22;3-2(4,5)1(6)7/h4-11,23H,12H2,1-3H3,(H3,21,22)(H,24,25);(H,6,7). The molecule has 0 radical (unpaired) electrons. The summed E-state index contributed by atoms with van der Waals surface area (Å²) in [6.07, 6.45) is -5.08. The fourth-order valence-corrected chi connectivity index (χ4v) is 3.27. The van der Waals surface area contributed by atoms with Crippen molar-refractivity contribution >= 4 is 39.4 Å². The number of amidine groups is 1. The molecule has 0 heterocycles. The molecule has 15 heteroatoms. The molecular formula is C22H25F3N4O7S. The Morgan fingerprint density at radius 1 is 0.973 bits per heavy atom. The number of ether oxygens (including phenoxy) is 1. The van der Waals surface area contributed by atoms with E-state index >= 15 is 0 Å². The highest BCUT2D eigenvalue weighted by molar-refractivity contribution is 7.89. The third-order valence-corrected chi connectivity index (χ3v) is 5.36. The summed E-state index contributed by atoms with van der Waals surface area (Å²) in [5.74, 6) is -4.00. The van der Waals surface area contributed by atoms with Gasteiger partial charge in [-0.05, 0) is 69.3 Å². The summed E-state index contributed by atoms with van der Waals surface area (Å²) < 4.78 is 63.8. The predicted octanol–water partition coefficient (Wildman–Crippen LogP) is 2.48. The lowest BCUT2D eigenvalue weighted by molar-refractivity contribution is -0.192. The van der Waals surface area contributed by atoms with Crippen LogP contribution in [0.25, 0.3) is 0 Å². The van der Waals surface area contributed by atoms with Gasteiger partial charge in [0.15, 0.2) is 0 Å². The Bertz CT molecular complexity index is 1240. The Labute approximate surface area is 210 Å². The van der Waals surface area contributed by atoms with Crippen LogP contribution in [0.5, 0.6) is 0 Å². The van der Waals surface area contributed by atoms with E-state index in [-0.39, 0.29) is 10.7 Å². The topological polar surface area (TPSA) is 189 Å². The Morgan fingerprint density at radius 2 is 1.43 bits per heavy atom. The third-order valence-electron chi connectivity index (χ3n) is 3.94. The van der Waals surface area contributed by atoms with E-state index in [1.807, 2.05) is 0 Å². The largest absolute Gasteiger partial charge is 0.490 e. The second-order valence-electron chi connectivity index (χ2n) is 8.19. The van der Waals surface area contributed by atoms with Gasteiger partial charge in [-0.2, -0.15) is 13.2 Å². The first kappa shape index (κ1) is 31.1. The number of rotatable bonds is 7. The van der Waals surface area contributed by atoms with Crippen molar-refractivity contribution in [3.05, 3.63) is 59.7 Å². The highest BCUT2D eigenvalue weighted by Crippen LogP contribution is 2.15. The van der Waals surface area contributed by atoms with Crippen LogP contribution in [-0.4, -0.2) is 55.5 Å². The van der Waals surface area contributed by atoms with E-state index < -0.39 is 46.2 Å². The molecule has 0 saturated heterocycles. The molecule has 0 bridgehead atoms. The van der Waals surface area contributed by atoms with E-state index in [1.165, 1.54) is 48.5 Å². The minimum atomic E-state index is -5.08. The Hall–Kier alpha value is -3.98. The molecule has 0 unspecified atom stereocenters. The van der Waals surface area contributed by atoms with Crippen LogP contribution < -0.4 is 15.8 Å². The van der Waals surface area contributed by atoms with Crippen molar-refractivity contribution in [3.63, 3.8) is 0 Å². The van der Waals surface area contributed by atoms with Crippen molar-refractivity contribution in [2.24, 2.45) is 5.73 Å². The Balaban J connectivity index is 0.000000856. The molecule has 202 valence electrons. The number of nitrogens with one attached hydrogen (secondary N) is 3. The molecule has 11 nitrogen and oxygen atoms in total. The SMILES string of the molecule is CC(C)(C)OC(=O)c1ccc(NC(=O)CNS(=O)(=O)c2ccc(C(=N)N)cc2)cc1.O=C(O)C(F)(F)F. The Kier molecular flexibility index (Phi) is 10.3. The van der Waals surface area contributed by atoms with Crippen molar-refractivity contribution < 1.29 is 45.8 Å². The summed E-state index contributed by atoms with van der Waals surface area (Å²) in [7, 11) is -3.91. The molecule has 0 fully saturated rings. The zero-order valence-electron chi connectivity index (χ0n) is 19.8. The molecule has 37 heavy (non-hydrogen) atoms. The zero-order chi connectivity index (χ0) is 28.6. The number of halogens is 3. The molecule has 0 saturated carbocycles. The minimum absolute atomic E-state index is 0.0537. The number of aliphatic carboxylic acids is 1. The number of carbonyl (C=O) groups is 3. The maximum absolute atomic E-state index is 12.3. The predicted molar refractivity (Wildman–Crippen MR) is 127 cm³/mol. The second-order valence-corrected chi connectivity index (χ2v) is 9.96. The number of hydrogen-bond acceptors (Lipinski definition) is 7. The van der Waals surface area contributed by atoms with E-state index in [0.717, 1.165) is 0 Å². The van der Waals surface area contributed by atoms with Crippen molar-refractivity contribution in [1.82, 2.24) is 4.72 Å². The first-order chi connectivity index (χ1) is 16.8. The number of benzene rings is 2. The third kappa shape index (κ3) is 11.1. The van der Waals surface area contributed by atoms with Crippen molar-refractivity contribution in [2.45, 2.75) is 37.4 Å². The van der Waals surface area contributed by atoms with Crippen molar-refractivity contribution in [1.29, 1.82) is 5.41 Å². The summed E-state index contributed by atoms with van der Waals surface area (Å²) in [6.45, 7) is 4.80. The molecule has 0 aliphatic heterocycles. The van der Waals surface area contributed by atoms with Crippen LogP contribution in [0.15, 0.2) is 53.4 Å². The van der Waals surface area contributed by atoms with Crippen LogP contribution in [-0.2, 0) is 24.3 Å². The molecule has 2 aromatic rings. The lowest BCUT2D eigenvalue weighted by atomic mass is 10.1. The lowest BCUT2D eigenvalue weighted by Crippen LogP contribution is -2.33. The monoisotopic (exact) mass is 546 g/mol. The highest BCUT2D eigenvalue weighted by Gasteiger charge is 2.38. The van der Waals surface area contributed by atoms with Gasteiger partial charge in [-0.25, -0.2) is 22.7 Å². The number of esters is 1. The van der Waals surface area contributed by atoms with Crippen molar-refractivity contribution in [3.8, 4) is 0 Å². The molecule has 0 aromatic heterocycles. The van der Waals surface area contributed by atoms with Gasteiger partial charge in [-0.15, -0.1) is 0 Å². The molecule has 6 N–H and O–H groups in total. The maximum atomic E-state index is 12.3. The van der Waals surface area contributed by atoms with Gasteiger partial charge >= 0.3 is 18.1 Å². The van der Waals surface area contributed by atoms with Gasteiger partial charge < -0.3 is 20.9 Å². The normalized spacial score (nSPS) is 11.5. The molecule has 0 spiro atoms. The quantitative estimate of drug-likeness (QED) is 0.199. The highest BCUT2D eigenvalue weighted by atomic mass is 32.2. The van der Waals surface area contributed by atoms with Gasteiger partial charge in [0.25, 0.3) is 0 Å². The average Bonchev–Trinajstić information content (AvgIpc) is 2.77. The van der Waals surface area contributed by atoms with Gasteiger partial charge in [0.2, 0.25) is 15.9 Å². The van der Waals surface area contributed by atoms with Gasteiger partial charge in [-0.1, -0.05) is 0 Å². The van der Waals surface area contributed by atoms with Crippen LogP contribution in [0.4, 0.5) is 18.9 Å². The Morgan fingerprint density at radius 3 is 1.84 bits per heavy atom. The van der Waals surface area contributed by atoms with E-state index in [1.54, 1.807) is 20.8 Å². The fraction of sp³-hybridized carbons (Fsp3) is 0.273. The number of alkyl halides is 3. The number of nitrogens with two attached hydrogens (primary N) is 1. The van der Waals surface area contributed by atoms with E-state index in [0.29, 0.717) is 16.8 Å². The summed E-state index contributed by atoms with van der Waals surface area (Å²) in [5.41, 5.74) is 5.84. The number of nitrogen functional groups attached to an aromatic ring is 1. The smallest absolute Gasteiger partial charge is 0.475 e. The van der Waals surface area contributed by atoms with Crippen molar-refractivity contribution in [2.75, 3.05) is 11.9 Å². The molecule has 0 aliphatic rings. The first-order valence-corrected chi connectivity index (χ1v) is 11.7. The summed E-state index contributed by atoms with van der Waals surface area (Å²) >= 11 is 0. The van der Waals surface area contributed by atoms with Crippen LogP contribution in [0.1, 0.15) is 36.7 Å². The van der Waals surface area contributed by atoms with E-state index in [4.69, 9.17) is 25.8 Å². The molecule has 1 amide bonds. The fourth-order valence-electron chi connectivity index (χ4n) is 2.29. The summed E-state index contributed by atoms with van der Waals surface area (Å²) in [5, 5.41) is 17.0. The number of carboxylic acids is 1. The second kappa shape index (κ2) is 12.3. The summed E-state index contributed by atoms with van der Waals surface area (Å²) in [4.78, 5) is 32.9. The molecule has 0 aliphatic carbocycles. The minimum Gasteiger partial charge on any atom is -0.475 e. The van der Waals surface area contributed by atoms with Gasteiger partial charge in [0.1, 0.15) is 11.4 Å². The summed E-state index contributed by atoms with van der Waals surface area (Å²) in [6, 6.07) is 11.5. The van der Waals surface area contributed by atoms with Gasteiger partial charge in [0.05, 0.1) is 17.0 Å². The van der Waals surface area contributed by atoms with E-state index in [9.17, 15) is 31.2 Å². The molecule has 2 aromatic carbocycles. The maximum Gasteiger partial charge on any atom is 0.490 e. The zero-order valence-corrected chi connectivity index (χ0v) is 20.7. The number of anilines is 1. The number of sulfonamides is 1. The number of carboxylic acid groups (broad SMARTS) is 1. The van der Waals surface area contributed by atoms with Crippen LogP contribution in [0.2, 0.25) is 0 Å². The number of carbonyl (C=O) groups excluding carboxylic acids is 2. The molecule has 2 rings (SSSR count). The van der Waals surface area contributed by atoms with Crippen LogP contribution in [0, 0.1) is 5.41 Å². The number of amides is 1. The van der Waals surface area contributed by atoms with Gasteiger partial charge in [0, 0.05) is 11.3 Å². The van der Waals surface area contributed by atoms with E-state index in [2.05, 4.69) is 10.0 Å².